The van der Waals surface area contributed by atoms with E-state index in [0.717, 1.165) is 19.5 Å². The van der Waals surface area contributed by atoms with Gasteiger partial charge in [0.15, 0.2) is 0 Å². The van der Waals surface area contributed by atoms with Crippen LogP contribution in [0.4, 0.5) is 0 Å². The highest BCUT2D eigenvalue weighted by atomic mass is 16.5. The highest BCUT2D eigenvalue weighted by Crippen LogP contribution is 2.28. The molecular formula is C25H28N2O3. The van der Waals surface area contributed by atoms with E-state index in [1.807, 2.05) is 0 Å². The van der Waals surface area contributed by atoms with Crippen LogP contribution >= 0.6 is 0 Å². The fraction of sp³-hybridized carbons (Fsp3) is 0.320. The molecule has 0 radical (unpaired) electrons. The van der Waals surface area contributed by atoms with Crippen LogP contribution in [0.5, 0.6) is 11.5 Å². The predicted octanol–water partition coefficient (Wildman–Crippen LogP) is 4.42. The van der Waals surface area contributed by atoms with Crippen LogP contribution in [0.15, 0.2) is 60.7 Å². The molecule has 0 bridgehead atoms. The van der Waals surface area contributed by atoms with E-state index >= 15 is 0 Å². The first-order valence-electron chi connectivity index (χ1n) is 10.3. The summed E-state index contributed by atoms with van der Waals surface area (Å²) in [5, 5.41) is 5.69. The van der Waals surface area contributed by atoms with Gasteiger partial charge in [0.25, 0.3) is 5.91 Å². The number of carbonyl (C=O) groups is 1. The molecular weight excluding hydrogens is 376 g/mol. The molecule has 1 aliphatic rings. The number of likely N-dealkylation sites (tertiary alicyclic amines) is 1. The van der Waals surface area contributed by atoms with Crippen LogP contribution in [0.2, 0.25) is 0 Å². The molecule has 0 aromatic heterocycles. The van der Waals surface area contributed by atoms with Crippen molar-refractivity contribution in [2.24, 2.45) is 0 Å². The lowest BCUT2D eigenvalue weighted by Gasteiger charge is -2.25. The Hall–Kier alpha value is -3.05. The minimum Gasteiger partial charge on any atom is -0.497 e. The van der Waals surface area contributed by atoms with Crippen molar-refractivity contribution in [1.29, 1.82) is 0 Å². The molecule has 4 rings (SSSR count). The van der Waals surface area contributed by atoms with Crippen LogP contribution in [0.1, 0.15) is 35.3 Å². The van der Waals surface area contributed by atoms with Crippen molar-refractivity contribution < 1.29 is 14.3 Å². The number of fused-ring (bicyclic) bond motifs is 1. The van der Waals surface area contributed by atoms with Gasteiger partial charge in [-0.15, -0.1) is 0 Å². The Kier molecular flexibility index (Phi) is 5.91. The fourth-order valence-electron chi connectivity index (χ4n) is 4.14. The summed E-state index contributed by atoms with van der Waals surface area (Å²) in [6.07, 6.45) is 0.935. The van der Waals surface area contributed by atoms with E-state index in [1.165, 1.54) is 16.3 Å². The first-order valence-corrected chi connectivity index (χ1v) is 10.3. The Bertz CT molecular complexity index is 1030. The highest BCUT2D eigenvalue weighted by Gasteiger charge is 2.28. The molecule has 1 aliphatic heterocycles. The van der Waals surface area contributed by atoms with Gasteiger partial charge in [-0.2, -0.15) is 0 Å². The number of methoxy groups -OCH3 is 2. The molecule has 1 amide bonds. The smallest absolute Gasteiger partial charge is 0.251 e. The van der Waals surface area contributed by atoms with Crippen LogP contribution in [0, 0.1) is 0 Å². The molecule has 0 saturated carbocycles. The molecule has 1 N–H and O–H groups in total. The summed E-state index contributed by atoms with van der Waals surface area (Å²) in [5.74, 6) is 1.12. The number of nitrogens with zero attached hydrogens (tertiary/aromatic N) is 1. The number of ether oxygens (including phenoxy) is 2. The van der Waals surface area contributed by atoms with E-state index < -0.39 is 0 Å². The standard InChI is InChI=1S/C25H28N2O3/c1-17(19-9-8-18-6-4-5-7-20(18)12-19)27-11-10-22(16-27)26-25(28)21-13-23(29-2)15-24(14-21)30-3/h4-9,12-15,17,22H,10-11,16H2,1-3H3,(H,26,28)/t17?,22-/m1/s1. The van der Waals surface area contributed by atoms with Gasteiger partial charge in [0.1, 0.15) is 11.5 Å². The van der Waals surface area contributed by atoms with Crippen LogP contribution in [0.3, 0.4) is 0 Å². The zero-order valence-electron chi connectivity index (χ0n) is 17.7. The average Bonchev–Trinajstić information content (AvgIpc) is 3.26. The Balaban J connectivity index is 1.42. The zero-order chi connectivity index (χ0) is 21.1. The number of benzene rings is 3. The van der Waals surface area contributed by atoms with E-state index in [2.05, 4.69) is 59.6 Å². The molecule has 5 heteroatoms. The fourth-order valence-corrected chi connectivity index (χ4v) is 4.14. The molecule has 2 atom stereocenters. The molecule has 3 aromatic rings. The van der Waals surface area contributed by atoms with Gasteiger partial charge in [-0.1, -0.05) is 36.4 Å². The molecule has 5 nitrogen and oxygen atoms in total. The van der Waals surface area contributed by atoms with E-state index in [1.54, 1.807) is 32.4 Å². The predicted molar refractivity (Wildman–Crippen MR) is 119 cm³/mol. The first-order chi connectivity index (χ1) is 14.6. The Morgan fingerprint density at radius 3 is 2.40 bits per heavy atom. The summed E-state index contributed by atoms with van der Waals surface area (Å²) in [6, 6.07) is 20.8. The van der Waals surface area contributed by atoms with Gasteiger partial charge < -0.3 is 14.8 Å². The summed E-state index contributed by atoms with van der Waals surface area (Å²) >= 11 is 0. The largest absolute Gasteiger partial charge is 0.497 e. The van der Waals surface area contributed by atoms with E-state index in [9.17, 15) is 4.79 Å². The van der Waals surface area contributed by atoms with Crippen molar-refractivity contribution in [1.82, 2.24) is 10.2 Å². The summed E-state index contributed by atoms with van der Waals surface area (Å²) < 4.78 is 10.6. The molecule has 1 saturated heterocycles. The second-order valence-electron chi connectivity index (χ2n) is 7.84. The number of hydrogen-bond donors (Lipinski definition) is 1. The van der Waals surface area contributed by atoms with Crippen LogP contribution < -0.4 is 14.8 Å². The lowest BCUT2D eigenvalue weighted by atomic mass is 10.0. The first kappa shape index (κ1) is 20.2. The minimum absolute atomic E-state index is 0.0996. The molecule has 0 aliphatic carbocycles. The molecule has 30 heavy (non-hydrogen) atoms. The van der Waals surface area contributed by atoms with Crippen molar-refractivity contribution in [2.45, 2.75) is 25.4 Å². The van der Waals surface area contributed by atoms with Crippen molar-refractivity contribution in [2.75, 3.05) is 27.3 Å². The molecule has 1 fully saturated rings. The van der Waals surface area contributed by atoms with Gasteiger partial charge >= 0.3 is 0 Å². The van der Waals surface area contributed by atoms with Crippen LogP contribution in [-0.2, 0) is 0 Å². The molecule has 3 aromatic carbocycles. The highest BCUT2D eigenvalue weighted by molar-refractivity contribution is 5.95. The maximum atomic E-state index is 12.8. The Morgan fingerprint density at radius 1 is 1.00 bits per heavy atom. The van der Waals surface area contributed by atoms with E-state index in [4.69, 9.17) is 9.47 Å². The van der Waals surface area contributed by atoms with Gasteiger partial charge in [-0.05, 0) is 47.9 Å². The summed E-state index contributed by atoms with van der Waals surface area (Å²) in [7, 11) is 3.17. The second-order valence-corrected chi connectivity index (χ2v) is 7.84. The van der Waals surface area contributed by atoms with E-state index in [-0.39, 0.29) is 11.9 Å². The van der Waals surface area contributed by atoms with Gasteiger partial charge in [0.05, 0.1) is 14.2 Å². The van der Waals surface area contributed by atoms with Crippen molar-refractivity contribution >= 4 is 16.7 Å². The number of rotatable bonds is 6. The maximum absolute atomic E-state index is 12.8. The lowest BCUT2D eigenvalue weighted by Crippen LogP contribution is -2.37. The van der Waals surface area contributed by atoms with Gasteiger partial charge in [0.2, 0.25) is 0 Å². The van der Waals surface area contributed by atoms with Crippen molar-refractivity contribution in [3.63, 3.8) is 0 Å². The number of hydrogen-bond acceptors (Lipinski definition) is 4. The number of amides is 1. The monoisotopic (exact) mass is 404 g/mol. The number of nitrogens with one attached hydrogen (secondary N) is 1. The maximum Gasteiger partial charge on any atom is 0.251 e. The van der Waals surface area contributed by atoms with Crippen LogP contribution in [0.25, 0.3) is 10.8 Å². The number of carbonyl (C=O) groups excluding carboxylic acids is 1. The van der Waals surface area contributed by atoms with Gasteiger partial charge in [0, 0.05) is 36.8 Å². The molecule has 1 heterocycles. The van der Waals surface area contributed by atoms with Crippen molar-refractivity contribution in [3.8, 4) is 11.5 Å². The molecule has 1 unspecified atom stereocenters. The quantitative estimate of drug-likeness (QED) is 0.661. The molecule has 156 valence electrons. The van der Waals surface area contributed by atoms with E-state index in [0.29, 0.717) is 23.1 Å². The summed E-state index contributed by atoms with van der Waals surface area (Å²) in [4.78, 5) is 15.2. The summed E-state index contributed by atoms with van der Waals surface area (Å²) in [5.41, 5.74) is 1.85. The SMILES string of the molecule is COc1cc(OC)cc(C(=O)N[C@@H]2CCN(C(C)c3ccc4ccccc4c3)C2)c1. The van der Waals surface area contributed by atoms with Crippen LogP contribution in [-0.4, -0.2) is 44.2 Å². The molecule has 0 spiro atoms. The normalized spacial score (nSPS) is 17.6. The van der Waals surface area contributed by atoms with Gasteiger partial charge in [-0.25, -0.2) is 0 Å². The average molecular weight is 405 g/mol. The van der Waals surface area contributed by atoms with Crippen molar-refractivity contribution in [3.05, 3.63) is 71.8 Å². The third-order valence-corrected chi connectivity index (χ3v) is 5.97. The third-order valence-electron chi connectivity index (χ3n) is 5.97. The lowest BCUT2D eigenvalue weighted by molar-refractivity contribution is 0.0935. The Labute approximate surface area is 177 Å². The minimum atomic E-state index is -0.0996. The Morgan fingerprint density at radius 2 is 1.70 bits per heavy atom. The topological polar surface area (TPSA) is 50.8 Å². The zero-order valence-corrected chi connectivity index (χ0v) is 17.7. The summed E-state index contributed by atoms with van der Waals surface area (Å²) in [6.45, 7) is 4.03. The second kappa shape index (κ2) is 8.76. The van der Waals surface area contributed by atoms with Gasteiger partial charge in [-0.3, -0.25) is 9.69 Å². The third kappa shape index (κ3) is 4.26.